The smallest absolute Gasteiger partial charge is 0.178 e. The summed E-state index contributed by atoms with van der Waals surface area (Å²) in [5.41, 5.74) is 0.924. The van der Waals surface area contributed by atoms with E-state index in [1.165, 1.54) is 0 Å². The third-order valence-corrected chi connectivity index (χ3v) is 6.14. The van der Waals surface area contributed by atoms with E-state index in [0.29, 0.717) is 11.3 Å². The number of hydrogen-bond acceptors (Lipinski definition) is 4. The van der Waals surface area contributed by atoms with Crippen LogP contribution >= 0.6 is 0 Å². The van der Waals surface area contributed by atoms with Gasteiger partial charge in [0, 0.05) is 24.6 Å². The minimum atomic E-state index is -3.11. The van der Waals surface area contributed by atoms with Gasteiger partial charge in [0.1, 0.15) is 0 Å². The van der Waals surface area contributed by atoms with Gasteiger partial charge in [0.2, 0.25) is 0 Å². The minimum Gasteiger partial charge on any atom is -0.396 e. The molecule has 2 N–H and O–H groups in total. The molecule has 4 nitrogen and oxygen atoms in total. The van der Waals surface area contributed by atoms with Crippen molar-refractivity contribution in [2.24, 2.45) is 5.41 Å². The van der Waals surface area contributed by atoms with Gasteiger partial charge in [-0.2, -0.15) is 0 Å². The standard InChI is InChI=1S/C14H19NO3S/c16-10-14(6-7-14)9-15-12-5-8-19(17,18)13-4-2-1-3-11(12)13/h1-4,12,15-16H,5-10H2. The molecule has 1 aromatic carbocycles. The molecule has 0 spiro atoms. The number of benzene rings is 1. The van der Waals surface area contributed by atoms with E-state index in [1.807, 2.05) is 12.1 Å². The molecule has 0 amide bonds. The predicted molar refractivity (Wildman–Crippen MR) is 72.6 cm³/mol. The van der Waals surface area contributed by atoms with Crippen LogP contribution in [0.5, 0.6) is 0 Å². The first-order valence-corrected chi connectivity index (χ1v) is 8.38. The Hall–Kier alpha value is -0.910. The Balaban J connectivity index is 1.81. The Labute approximate surface area is 113 Å². The number of nitrogens with one attached hydrogen (secondary N) is 1. The van der Waals surface area contributed by atoms with Gasteiger partial charge >= 0.3 is 0 Å². The largest absolute Gasteiger partial charge is 0.396 e. The fourth-order valence-corrected chi connectivity index (χ4v) is 4.33. The maximum absolute atomic E-state index is 12.0. The van der Waals surface area contributed by atoms with Crippen LogP contribution in [0, 0.1) is 5.41 Å². The van der Waals surface area contributed by atoms with Crippen molar-refractivity contribution in [2.45, 2.75) is 30.2 Å². The molecule has 1 heterocycles. The van der Waals surface area contributed by atoms with E-state index in [4.69, 9.17) is 0 Å². The normalized spacial score (nSPS) is 26.7. The number of aliphatic hydroxyl groups excluding tert-OH is 1. The molecular weight excluding hydrogens is 262 g/mol. The van der Waals surface area contributed by atoms with E-state index in [2.05, 4.69) is 5.32 Å². The van der Waals surface area contributed by atoms with E-state index in [9.17, 15) is 13.5 Å². The number of fused-ring (bicyclic) bond motifs is 1. The van der Waals surface area contributed by atoms with Crippen molar-refractivity contribution in [3.05, 3.63) is 29.8 Å². The predicted octanol–water partition coefficient (Wildman–Crippen LogP) is 1.27. The van der Waals surface area contributed by atoms with Gasteiger partial charge in [0.15, 0.2) is 9.84 Å². The Bertz CT molecular complexity index is 578. The highest BCUT2D eigenvalue weighted by atomic mass is 32.2. The molecule has 2 aliphatic rings. The molecule has 3 rings (SSSR count). The third-order valence-electron chi connectivity index (χ3n) is 4.32. The molecule has 1 atom stereocenters. The third kappa shape index (κ3) is 2.42. The van der Waals surface area contributed by atoms with Gasteiger partial charge in [-0.25, -0.2) is 8.42 Å². The van der Waals surface area contributed by atoms with Crippen molar-refractivity contribution in [1.29, 1.82) is 0 Å². The lowest BCUT2D eigenvalue weighted by Crippen LogP contribution is -2.34. The van der Waals surface area contributed by atoms with Crippen molar-refractivity contribution in [3.8, 4) is 0 Å². The van der Waals surface area contributed by atoms with Gasteiger partial charge in [-0.05, 0) is 30.9 Å². The molecule has 1 unspecified atom stereocenters. The van der Waals surface area contributed by atoms with Crippen LogP contribution in [0.2, 0.25) is 0 Å². The number of rotatable bonds is 4. The van der Waals surface area contributed by atoms with Crippen LogP contribution in [-0.4, -0.2) is 32.4 Å². The minimum absolute atomic E-state index is 0.0469. The van der Waals surface area contributed by atoms with Crippen molar-refractivity contribution in [2.75, 3.05) is 18.9 Å². The summed E-state index contributed by atoms with van der Waals surface area (Å²) in [6.45, 7) is 0.981. The fourth-order valence-electron chi connectivity index (χ4n) is 2.71. The van der Waals surface area contributed by atoms with Crippen molar-refractivity contribution < 1.29 is 13.5 Å². The van der Waals surface area contributed by atoms with E-state index in [-0.39, 0.29) is 23.8 Å². The van der Waals surface area contributed by atoms with Gasteiger partial charge in [0.05, 0.1) is 10.6 Å². The molecule has 1 aliphatic carbocycles. The summed E-state index contributed by atoms with van der Waals surface area (Å²) in [5, 5.41) is 12.8. The maximum atomic E-state index is 12.0. The van der Waals surface area contributed by atoms with E-state index in [0.717, 1.165) is 24.9 Å². The summed E-state index contributed by atoms with van der Waals surface area (Å²) < 4.78 is 24.0. The lowest BCUT2D eigenvalue weighted by atomic mass is 10.0. The van der Waals surface area contributed by atoms with Crippen LogP contribution in [0.3, 0.4) is 0 Å². The second kappa shape index (κ2) is 4.58. The van der Waals surface area contributed by atoms with Crippen LogP contribution in [0.4, 0.5) is 0 Å². The van der Waals surface area contributed by atoms with Gasteiger partial charge < -0.3 is 10.4 Å². The first-order chi connectivity index (χ1) is 9.06. The molecule has 19 heavy (non-hydrogen) atoms. The first-order valence-electron chi connectivity index (χ1n) is 6.72. The summed E-state index contributed by atoms with van der Waals surface area (Å²) in [6.07, 6.45) is 2.73. The number of sulfone groups is 1. The zero-order chi connectivity index (χ0) is 13.5. The molecule has 0 saturated heterocycles. The van der Waals surface area contributed by atoms with Crippen LogP contribution in [-0.2, 0) is 9.84 Å². The average Bonchev–Trinajstić information content (AvgIpc) is 3.19. The van der Waals surface area contributed by atoms with E-state index >= 15 is 0 Å². The van der Waals surface area contributed by atoms with Crippen LogP contribution in [0.15, 0.2) is 29.2 Å². The Morgan fingerprint density at radius 1 is 1.32 bits per heavy atom. The van der Waals surface area contributed by atoms with E-state index < -0.39 is 9.84 Å². The van der Waals surface area contributed by atoms with Gasteiger partial charge in [-0.3, -0.25) is 0 Å². The molecule has 1 saturated carbocycles. The van der Waals surface area contributed by atoms with Crippen molar-refractivity contribution in [3.63, 3.8) is 0 Å². The van der Waals surface area contributed by atoms with Crippen LogP contribution in [0.1, 0.15) is 30.9 Å². The molecule has 0 radical (unpaired) electrons. The first kappa shape index (κ1) is 13.1. The van der Waals surface area contributed by atoms with Crippen LogP contribution in [0.25, 0.3) is 0 Å². The van der Waals surface area contributed by atoms with Crippen molar-refractivity contribution >= 4 is 9.84 Å². The molecule has 0 aromatic heterocycles. The zero-order valence-corrected chi connectivity index (χ0v) is 11.6. The summed E-state index contributed by atoms with van der Waals surface area (Å²) in [7, 11) is -3.11. The monoisotopic (exact) mass is 281 g/mol. The zero-order valence-electron chi connectivity index (χ0n) is 10.8. The highest BCUT2D eigenvalue weighted by Gasteiger charge is 2.42. The average molecular weight is 281 g/mol. The molecular formula is C14H19NO3S. The lowest BCUT2D eigenvalue weighted by molar-refractivity contribution is 0.203. The molecule has 1 aromatic rings. The number of aliphatic hydroxyl groups is 1. The fraction of sp³-hybridized carbons (Fsp3) is 0.571. The van der Waals surface area contributed by atoms with Crippen LogP contribution < -0.4 is 5.32 Å². The molecule has 1 fully saturated rings. The Morgan fingerprint density at radius 3 is 2.74 bits per heavy atom. The second-order valence-electron chi connectivity index (χ2n) is 5.74. The second-order valence-corrected chi connectivity index (χ2v) is 7.81. The SMILES string of the molecule is O=S1(=O)CCC(NCC2(CO)CC2)c2ccccc21. The molecule has 1 aliphatic heterocycles. The Kier molecular flexibility index (Phi) is 3.15. The maximum Gasteiger partial charge on any atom is 0.178 e. The lowest BCUT2D eigenvalue weighted by Gasteiger charge is -2.27. The summed E-state index contributed by atoms with van der Waals surface area (Å²) in [5.74, 6) is 0.202. The number of hydrogen-bond donors (Lipinski definition) is 2. The Morgan fingerprint density at radius 2 is 2.05 bits per heavy atom. The summed E-state index contributed by atoms with van der Waals surface area (Å²) in [4.78, 5) is 0.465. The van der Waals surface area contributed by atoms with Gasteiger partial charge in [-0.1, -0.05) is 18.2 Å². The van der Waals surface area contributed by atoms with Crippen molar-refractivity contribution in [1.82, 2.24) is 5.32 Å². The molecule has 104 valence electrons. The summed E-state index contributed by atoms with van der Waals surface area (Å²) in [6, 6.07) is 7.32. The van der Waals surface area contributed by atoms with Gasteiger partial charge in [-0.15, -0.1) is 0 Å². The topological polar surface area (TPSA) is 66.4 Å². The highest BCUT2D eigenvalue weighted by molar-refractivity contribution is 7.91. The van der Waals surface area contributed by atoms with E-state index in [1.54, 1.807) is 12.1 Å². The summed E-state index contributed by atoms with van der Waals surface area (Å²) >= 11 is 0. The highest BCUT2D eigenvalue weighted by Crippen LogP contribution is 2.45. The quantitative estimate of drug-likeness (QED) is 0.872. The molecule has 5 heteroatoms. The molecule has 0 bridgehead atoms. The van der Waals surface area contributed by atoms with Gasteiger partial charge in [0.25, 0.3) is 0 Å².